The van der Waals surface area contributed by atoms with Crippen molar-refractivity contribution < 1.29 is 9.90 Å². The first-order chi connectivity index (χ1) is 8.72. The SMILES string of the molecule is CCCC(NC[C@@H]1C[C@H]1c1ccccc1)C(=O)O. The average Bonchev–Trinajstić information content (AvgIpc) is 3.15. The molecular weight excluding hydrogens is 226 g/mol. The first kappa shape index (κ1) is 13.1. The van der Waals surface area contributed by atoms with E-state index in [1.165, 1.54) is 12.0 Å². The highest BCUT2D eigenvalue weighted by Gasteiger charge is 2.38. The van der Waals surface area contributed by atoms with Crippen LogP contribution in [0.2, 0.25) is 0 Å². The van der Waals surface area contributed by atoms with Gasteiger partial charge in [0.15, 0.2) is 0 Å². The molecule has 1 aromatic rings. The van der Waals surface area contributed by atoms with Gasteiger partial charge in [-0.3, -0.25) is 4.79 Å². The van der Waals surface area contributed by atoms with Crippen LogP contribution >= 0.6 is 0 Å². The van der Waals surface area contributed by atoms with E-state index in [1.54, 1.807) is 0 Å². The Morgan fingerprint density at radius 2 is 2.17 bits per heavy atom. The minimum absolute atomic E-state index is 0.382. The molecule has 0 aliphatic heterocycles. The largest absolute Gasteiger partial charge is 0.480 e. The third-order valence-corrected chi connectivity index (χ3v) is 3.65. The summed E-state index contributed by atoms with van der Waals surface area (Å²) in [4.78, 5) is 11.0. The topological polar surface area (TPSA) is 49.3 Å². The summed E-state index contributed by atoms with van der Waals surface area (Å²) in [6.07, 6.45) is 2.78. The number of nitrogens with one attached hydrogen (secondary N) is 1. The van der Waals surface area contributed by atoms with Crippen molar-refractivity contribution in [1.82, 2.24) is 5.32 Å². The molecule has 1 aromatic carbocycles. The highest BCUT2D eigenvalue weighted by atomic mass is 16.4. The van der Waals surface area contributed by atoms with Crippen molar-refractivity contribution in [3.05, 3.63) is 35.9 Å². The Morgan fingerprint density at radius 1 is 1.44 bits per heavy atom. The van der Waals surface area contributed by atoms with Crippen LogP contribution in [0.1, 0.15) is 37.7 Å². The molecule has 0 aromatic heterocycles. The van der Waals surface area contributed by atoms with E-state index >= 15 is 0 Å². The van der Waals surface area contributed by atoms with Gasteiger partial charge in [-0.15, -0.1) is 0 Å². The van der Waals surface area contributed by atoms with Crippen LogP contribution < -0.4 is 5.32 Å². The van der Waals surface area contributed by atoms with Crippen LogP contribution in [0, 0.1) is 5.92 Å². The van der Waals surface area contributed by atoms with E-state index in [2.05, 4.69) is 29.6 Å². The molecule has 3 heteroatoms. The molecule has 1 aliphatic carbocycles. The molecule has 0 heterocycles. The lowest BCUT2D eigenvalue weighted by atomic mass is 10.1. The normalized spacial score (nSPS) is 23.6. The molecule has 98 valence electrons. The second-order valence-corrected chi connectivity index (χ2v) is 5.10. The van der Waals surface area contributed by atoms with Gasteiger partial charge in [0, 0.05) is 0 Å². The lowest BCUT2D eigenvalue weighted by Gasteiger charge is -2.13. The van der Waals surface area contributed by atoms with Crippen LogP contribution in [0.3, 0.4) is 0 Å². The first-order valence-electron chi connectivity index (χ1n) is 6.73. The van der Waals surface area contributed by atoms with Crippen molar-refractivity contribution in [3.63, 3.8) is 0 Å². The van der Waals surface area contributed by atoms with Gasteiger partial charge in [0.25, 0.3) is 0 Å². The standard InChI is InChI=1S/C15H21NO2/c1-2-6-14(15(17)18)16-10-12-9-13(12)11-7-4-3-5-8-11/h3-5,7-8,12-14,16H,2,6,9-10H2,1H3,(H,17,18)/t12-,13-,14?/m0/s1. The molecule has 2 N–H and O–H groups in total. The summed E-state index contributed by atoms with van der Waals surface area (Å²) < 4.78 is 0. The second kappa shape index (κ2) is 6.01. The van der Waals surface area contributed by atoms with Gasteiger partial charge in [0.1, 0.15) is 6.04 Å². The van der Waals surface area contributed by atoms with Gasteiger partial charge < -0.3 is 10.4 Å². The number of hydrogen-bond donors (Lipinski definition) is 2. The molecule has 0 bridgehead atoms. The quantitative estimate of drug-likeness (QED) is 0.778. The van der Waals surface area contributed by atoms with Crippen LogP contribution in [0.25, 0.3) is 0 Å². The van der Waals surface area contributed by atoms with Crippen molar-refractivity contribution in [2.75, 3.05) is 6.54 Å². The average molecular weight is 247 g/mol. The molecule has 1 aliphatic rings. The van der Waals surface area contributed by atoms with E-state index < -0.39 is 5.97 Å². The zero-order valence-corrected chi connectivity index (χ0v) is 10.8. The zero-order chi connectivity index (χ0) is 13.0. The molecule has 3 nitrogen and oxygen atoms in total. The Labute approximate surface area is 108 Å². The lowest BCUT2D eigenvalue weighted by molar-refractivity contribution is -0.139. The molecule has 0 radical (unpaired) electrons. The van der Waals surface area contributed by atoms with Crippen LogP contribution in [0.5, 0.6) is 0 Å². The molecule has 3 atom stereocenters. The van der Waals surface area contributed by atoms with E-state index in [9.17, 15) is 4.79 Å². The van der Waals surface area contributed by atoms with Crippen LogP contribution in [-0.4, -0.2) is 23.7 Å². The fourth-order valence-corrected chi connectivity index (χ4v) is 2.48. The summed E-state index contributed by atoms with van der Waals surface area (Å²) in [6, 6.07) is 10.1. The zero-order valence-electron chi connectivity index (χ0n) is 10.8. The minimum atomic E-state index is -0.728. The molecule has 1 saturated carbocycles. The Morgan fingerprint density at radius 3 is 2.78 bits per heavy atom. The van der Waals surface area contributed by atoms with Gasteiger partial charge in [-0.25, -0.2) is 0 Å². The summed E-state index contributed by atoms with van der Waals surface area (Å²) in [6.45, 7) is 2.83. The number of carboxylic acid groups (broad SMARTS) is 1. The van der Waals surface area contributed by atoms with E-state index in [0.29, 0.717) is 18.3 Å². The molecule has 2 rings (SSSR count). The molecular formula is C15H21NO2. The van der Waals surface area contributed by atoms with Crippen molar-refractivity contribution >= 4 is 5.97 Å². The molecule has 18 heavy (non-hydrogen) atoms. The summed E-state index contributed by atoms with van der Waals surface area (Å²) in [5.74, 6) is 0.495. The summed E-state index contributed by atoms with van der Waals surface area (Å²) in [5, 5.41) is 12.2. The Bertz CT molecular complexity index is 391. The van der Waals surface area contributed by atoms with Crippen molar-refractivity contribution in [3.8, 4) is 0 Å². The van der Waals surface area contributed by atoms with E-state index in [0.717, 1.165) is 13.0 Å². The number of rotatable bonds is 7. The highest BCUT2D eigenvalue weighted by molar-refractivity contribution is 5.73. The Kier molecular flexibility index (Phi) is 4.37. The number of carboxylic acids is 1. The van der Waals surface area contributed by atoms with Crippen LogP contribution in [0.4, 0.5) is 0 Å². The molecule has 1 fully saturated rings. The van der Waals surface area contributed by atoms with Gasteiger partial charge in [0.2, 0.25) is 0 Å². The summed E-state index contributed by atoms with van der Waals surface area (Å²) in [5.41, 5.74) is 1.38. The number of carbonyl (C=O) groups is 1. The predicted octanol–water partition coefficient (Wildman–Crippen LogP) is 2.63. The lowest BCUT2D eigenvalue weighted by Crippen LogP contribution is -2.37. The summed E-state index contributed by atoms with van der Waals surface area (Å²) >= 11 is 0. The van der Waals surface area contributed by atoms with Crippen molar-refractivity contribution in [1.29, 1.82) is 0 Å². The highest BCUT2D eigenvalue weighted by Crippen LogP contribution is 2.46. The van der Waals surface area contributed by atoms with E-state index in [-0.39, 0.29) is 6.04 Å². The van der Waals surface area contributed by atoms with Gasteiger partial charge in [0.05, 0.1) is 0 Å². The van der Waals surface area contributed by atoms with E-state index in [4.69, 9.17) is 5.11 Å². The smallest absolute Gasteiger partial charge is 0.320 e. The Hall–Kier alpha value is -1.35. The predicted molar refractivity (Wildman–Crippen MR) is 71.6 cm³/mol. The van der Waals surface area contributed by atoms with Crippen molar-refractivity contribution in [2.24, 2.45) is 5.92 Å². The Balaban J connectivity index is 1.78. The molecule has 1 unspecified atom stereocenters. The van der Waals surface area contributed by atoms with Crippen LogP contribution in [0.15, 0.2) is 30.3 Å². The summed E-state index contributed by atoms with van der Waals surface area (Å²) in [7, 11) is 0. The maximum absolute atomic E-state index is 11.0. The molecule has 0 amide bonds. The molecule has 0 saturated heterocycles. The van der Waals surface area contributed by atoms with E-state index in [1.807, 2.05) is 13.0 Å². The third-order valence-electron chi connectivity index (χ3n) is 3.65. The second-order valence-electron chi connectivity index (χ2n) is 5.10. The number of benzene rings is 1. The fourth-order valence-electron chi connectivity index (χ4n) is 2.48. The van der Waals surface area contributed by atoms with Gasteiger partial charge in [-0.05, 0) is 36.8 Å². The number of aliphatic carboxylic acids is 1. The van der Waals surface area contributed by atoms with Gasteiger partial charge in [-0.2, -0.15) is 0 Å². The molecule has 0 spiro atoms. The van der Waals surface area contributed by atoms with Gasteiger partial charge >= 0.3 is 5.97 Å². The fraction of sp³-hybridized carbons (Fsp3) is 0.533. The van der Waals surface area contributed by atoms with Crippen molar-refractivity contribution in [2.45, 2.75) is 38.1 Å². The minimum Gasteiger partial charge on any atom is -0.480 e. The van der Waals surface area contributed by atoms with Gasteiger partial charge in [-0.1, -0.05) is 43.7 Å². The van der Waals surface area contributed by atoms with Crippen LogP contribution in [-0.2, 0) is 4.79 Å². The maximum atomic E-state index is 11.0. The monoisotopic (exact) mass is 247 g/mol. The maximum Gasteiger partial charge on any atom is 0.320 e. The number of hydrogen-bond acceptors (Lipinski definition) is 2. The first-order valence-corrected chi connectivity index (χ1v) is 6.73. The third kappa shape index (κ3) is 3.33.